The van der Waals surface area contributed by atoms with E-state index in [4.69, 9.17) is 0 Å². The monoisotopic (exact) mass is 392 g/mol. The van der Waals surface area contributed by atoms with Crippen molar-refractivity contribution >= 4 is 31.6 Å². The van der Waals surface area contributed by atoms with E-state index in [2.05, 4.69) is 30.7 Å². The van der Waals surface area contributed by atoms with E-state index in [1.54, 1.807) is 53.5 Å². The largest absolute Gasteiger partial charge is 0.278 e. The van der Waals surface area contributed by atoms with Gasteiger partial charge in [-0.3, -0.25) is 4.72 Å². The molecule has 23 heavy (non-hydrogen) atoms. The molecular weight excluding hydrogens is 380 g/mol. The highest BCUT2D eigenvalue weighted by molar-refractivity contribution is 9.10. The molecule has 0 amide bonds. The van der Waals surface area contributed by atoms with Gasteiger partial charge in [-0.1, -0.05) is 15.9 Å². The zero-order chi connectivity index (χ0) is 16.4. The number of benzene rings is 1. The van der Waals surface area contributed by atoms with E-state index in [9.17, 15) is 8.42 Å². The third-order valence-corrected chi connectivity index (χ3v) is 5.45. The van der Waals surface area contributed by atoms with E-state index >= 15 is 0 Å². The molecule has 118 valence electrons. The minimum absolute atomic E-state index is 0.203. The standard InChI is InChI=1S/C15H13BrN4O2S/c1-11-9-13(4-5-14(11)16)23(21,22)19-12-3-6-15(17-10-12)20-8-2-7-18-20/h2-10,19H,1H3. The fourth-order valence-electron chi connectivity index (χ4n) is 1.98. The van der Waals surface area contributed by atoms with Crippen LogP contribution in [0.3, 0.4) is 0 Å². The Morgan fingerprint density at radius 3 is 2.65 bits per heavy atom. The minimum Gasteiger partial charge on any atom is -0.278 e. The predicted octanol–water partition coefficient (Wildman–Crippen LogP) is 3.14. The second-order valence-electron chi connectivity index (χ2n) is 4.87. The molecule has 0 spiro atoms. The van der Waals surface area contributed by atoms with Gasteiger partial charge in [-0.25, -0.2) is 18.1 Å². The van der Waals surface area contributed by atoms with Gasteiger partial charge in [0.1, 0.15) is 0 Å². The van der Waals surface area contributed by atoms with Gasteiger partial charge in [-0.15, -0.1) is 0 Å². The molecule has 2 aromatic heterocycles. The smallest absolute Gasteiger partial charge is 0.261 e. The van der Waals surface area contributed by atoms with Crippen LogP contribution in [-0.4, -0.2) is 23.2 Å². The van der Waals surface area contributed by atoms with Gasteiger partial charge in [0, 0.05) is 16.9 Å². The van der Waals surface area contributed by atoms with E-state index in [-0.39, 0.29) is 4.90 Å². The molecule has 6 nitrogen and oxygen atoms in total. The highest BCUT2D eigenvalue weighted by atomic mass is 79.9. The van der Waals surface area contributed by atoms with Crippen LogP contribution in [0.15, 0.2) is 64.4 Å². The van der Waals surface area contributed by atoms with Gasteiger partial charge >= 0.3 is 0 Å². The molecule has 0 atom stereocenters. The van der Waals surface area contributed by atoms with Crippen molar-refractivity contribution in [3.05, 3.63) is 65.0 Å². The maximum atomic E-state index is 12.4. The number of rotatable bonds is 4. The number of pyridine rings is 1. The Bertz CT molecular complexity index is 923. The van der Waals surface area contributed by atoms with Crippen LogP contribution in [0.4, 0.5) is 5.69 Å². The number of nitrogens with one attached hydrogen (secondary N) is 1. The van der Waals surface area contributed by atoms with Gasteiger partial charge in [-0.05, 0) is 48.9 Å². The van der Waals surface area contributed by atoms with Gasteiger partial charge in [-0.2, -0.15) is 5.10 Å². The molecule has 1 aromatic carbocycles. The summed E-state index contributed by atoms with van der Waals surface area (Å²) < 4.78 is 29.8. The summed E-state index contributed by atoms with van der Waals surface area (Å²) >= 11 is 3.36. The Labute approximate surface area is 142 Å². The van der Waals surface area contributed by atoms with Crippen LogP contribution < -0.4 is 4.72 Å². The molecule has 8 heteroatoms. The first kappa shape index (κ1) is 15.7. The van der Waals surface area contributed by atoms with Crippen LogP contribution in [-0.2, 0) is 10.0 Å². The lowest BCUT2D eigenvalue weighted by Crippen LogP contribution is -2.13. The fraction of sp³-hybridized carbons (Fsp3) is 0.0667. The lowest BCUT2D eigenvalue weighted by molar-refractivity contribution is 0.601. The van der Waals surface area contributed by atoms with Gasteiger partial charge in [0.25, 0.3) is 10.0 Å². The van der Waals surface area contributed by atoms with Crippen molar-refractivity contribution in [1.29, 1.82) is 0 Å². The Morgan fingerprint density at radius 1 is 1.22 bits per heavy atom. The number of aryl methyl sites for hydroxylation is 1. The molecule has 0 fully saturated rings. The van der Waals surface area contributed by atoms with Crippen LogP contribution in [0.25, 0.3) is 5.82 Å². The number of anilines is 1. The van der Waals surface area contributed by atoms with Gasteiger partial charge in [0.2, 0.25) is 0 Å². The maximum Gasteiger partial charge on any atom is 0.261 e. The summed E-state index contributed by atoms with van der Waals surface area (Å²) in [6.45, 7) is 1.84. The average molecular weight is 393 g/mol. The van der Waals surface area contributed by atoms with Crippen molar-refractivity contribution in [2.75, 3.05) is 4.72 Å². The highest BCUT2D eigenvalue weighted by Crippen LogP contribution is 2.22. The van der Waals surface area contributed by atoms with E-state index in [0.717, 1.165) is 10.0 Å². The zero-order valence-corrected chi connectivity index (χ0v) is 14.5. The number of halogens is 1. The van der Waals surface area contributed by atoms with E-state index < -0.39 is 10.0 Å². The molecule has 0 unspecified atom stereocenters. The molecule has 3 aromatic rings. The molecule has 0 saturated carbocycles. The third-order valence-electron chi connectivity index (χ3n) is 3.18. The summed E-state index contributed by atoms with van der Waals surface area (Å²) in [7, 11) is -3.65. The van der Waals surface area contributed by atoms with Crippen molar-refractivity contribution in [3.63, 3.8) is 0 Å². The predicted molar refractivity (Wildman–Crippen MR) is 91.0 cm³/mol. The summed E-state index contributed by atoms with van der Waals surface area (Å²) in [6.07, 6.45) is 4.87. The number of sulfonamides is 1. The van der Waals surface area contributed by atoms with E-state index in [1.807, 2.05) is 6.92 Å². The molecule has 0 saturated heterocycles. The normalized spacial score (nSPS) is 11.4. The Kier molecular flexibility index (Phi) is 4.18. The van der Waals surface area contributed by atoms with Crippen LogP contribution in [0.2, 0.25) is 0 Å². The molecule has 0 radical (unpaired) electrons. The van der Waals surface area contributed by atoms with Crippen molar-refractivity contribution in [2.45, 2.75) is 11.8 Å². The van der Waals surface area contributed by atoms with Crippen molar-refractivity contribution < 1.29 is 8.42 Å². The molecule has 3 rings (SSSR count). The molecule has 1 N–H and O–H groups in total. The van der Waals surface area contributed by atoms with Crippen molar-refractivity contribution in [1.82, 2.24) is 14.8 Å². The number of hydrogen-bond donors (Lipinski definition) is 1. The average Bonchev–Trinajstić information content (AvgIpc) is 3.04. The summed E-state index contributed by atoms with van der Waals surface area (Å²) in [5.74, 6) is 0.609. The van der Waals surface area contributed by atoms with Crippen LogP contribution in [0, 0.1) is 6.92 Å². The molecule has 0 bridgehead atoms. The summed E-state index contributed by atoms with van der Waals surface area (Å²) in [6, 6.07) is 9.99. The first-order valence-electron chi connectivity index (χ1n) is 6.71. The van der Waals surface area contributed by atoms with E-state index in [0.29, 0.717) is 11.5 Å². The Balaban J connectivity index is 1.84. The topological polar surface area (TPSA) is 76.9 Å². The lowest BCUT2D eigenvalue weighted by atomic mass is 10.2. The van der Waals surface area contributed by atoms with Gasteiger partial charge in [0.15, 0.2) is 5.82 Å². The molecule has 0 aliphatic carbocycles. The third kappa shape index (κ3) is 3.43. The molecular formula is C15H13BrN4O2S. The highest BCUT2D eigenvalue weighted by Gasteiger charge is 2.15. The number of hydrogen-bond acceptors (Lipinski definition) is 4. The maximum absolute atomic E-state index is 12.4. The SMILES string of the molecule is Cc1cc(S(=O)(=O)Nc2ccc(-n3cccn3)nc2)ccc1Br. The van der Waals surface area contributed by atoms with Gasteiger partial charge in [0.05, 0.1) is 16.8 Å². The zero-order valence-electron chi connectivity index (χ0n) is 12.1. The number of aromatic nitrogens is 3. The summed E-state index contributed by atoms with van der Waals surface area (Å²) in [4.78, 5) is 4.40. The summed E-state index contributed by atoms with van der Waals surface area (Å²) in [5, 5.41) is 4.07. The Morgan fingerprint density at radius 2 is 2.04 bits per heavy atom. The van der Waals surface area contributed by atoms with Crippen LogP contribution >= 0.6 is 15.9 Å². The second kappa shape index (κ2) is 6.13. The van der Waals surface area contributed by atoms with Crippen molar-refractivity contribution in [3.8, 4) is 5.82 Å². The van der Waals surface area contributed by atoms with Gasteiger partial charge < -0.3 is 0 Å². The first-order chi connectivity index (χ1) is 11.0. The lowest BCUT2D eigenvalue weighted by Gasteiger charge is -2.09. The Hall–Kier alpha value is -2.19. The second-order valence-corrected chi connectivity index (χ2v) is 7.41. The number of nitrogens with zero attached hydrogens (tertiary/aromatic N) is 3. The minimum atomic E-state index is -3.65. The van der Waals surface area contributed by atoms with Crippen LogP contribution in [0.5, 0.6) is 0 Å². The van der Waals surface area contributed by atoms with Crippen LogP contribution in [0.1, 0.15) is 5.56 Å². The quantitative estimate of drug-likeness (QED) is 0.739. The molecule has 0 aliphatic rings. The van der Waals surface area contributed by atoms with E-state index in [1.165, 1.54) is 6.20 Å². The summed E-state index contributed by atoms with van der Waals surface area (Å²) in [5.41, 5.74) is 1.24. The van der Waals surface area contributed by atoms with Crippen molar-refractivity contribution in [2.24, 2.45) is 0 Å². The molecule has 0 aliphatic heterocycles. The molecule has 2 heterocycles. The fourth-order valence-corrected chi connectivity index (χ4v) is 3.36. The first-order valence-corrected chi connectivity index (χ1v) is 8.98.